The highest BCUT2D eigenvalue weighted by molar-refractivity contribution is 6.29. The highest BCUT2D eigenvalue weighted by Crippen LogP contribution is 2.07. The number of pyridine rings is 1. The number of rotatable bonds is 6. The molecule has 1 aromatic rings. The van der Waals surface area contributed by atoms with E-state index in [1.165, 1.54) is 6.42 Å². The Morgan fingerprint density at radius 2 is 2.20 bits per heavy atom. The van der Waals surface area contributed by atoms with Crippen molar-refractivity contribution in [3.8, 4) is 0 Å². The van der Waals surface area contributed by atoms with Crippen molar-refractivity contribution in [2.24, 2.45) is 5.92 Å². The first-order chi connectivity index (χ1) is 7.18. The van der Waals surface area contributed by atoms with Gasteiger partial charge in [0.2, 0.25) is 0 Å². The van der Waals surface area contributed by atoms with Gasteiger partial charge in [0.05, 0.1) is 12.3 Å². The van der Waals surface area contributed by atoms with Gasteiger partial charge < -0.3 is 4.74 Å². The van der Waals surface area contributed by atoms with E-state index >= 15 is 0 Å². The molecule has 0 bridgehead atoms. The predicted molar refractivity (Wildman–Crippen MR) is 63.0 cm³/mol. The fraction of sp³-hybridized carbons (Fsp3) is 0.583. The molecule has 3 heteroatoms. The normalized spacial score (nSPS) is 10.9. The highest BCUT2D eigenvalue weighted by atomic mass is 35.5. The number of halogens is 1. The average molecular weight is 228 g/mol. The molecule has 0 atom stereocenters. The molecular weight excluding hydrogens is 210 g/mol. The van der Waals surface area contributed by atoms with E-state index in [-0.39, 0.29) is 0 Å². The minimum absolute atomic E-state index is 0.526. The summed E-state index contributed by atoms with van der Waals surface area (Å²) < 4.78 is 5.50. The van der Waals surface area contributed by atoms with Gasteiger partial charge in [-0.15, -0.1) is 0 Å². The maximum Gasteiger partial charge on any atom is 0.129 e. The van der Waals surface area contributed by atoms with Crippen molar-refractivity contribution < 1.29 is 4.74 Å². The average Bonchev–Trinajstić information content (AvgIpc) is 2.17. The predicted octanol–water partition coefficient (Wildman–Crippen LogP) is 3.69. The third-order valence-electron chi connectivity index (χ3n) is 2.09. The van der Waals surface area contributed by atoms with Crippen molar-refractivity contribution in [3.05, 3.63) is 29.0 Å². The van der Waals surface area contributed by atoms with E-state index in [1.807, 2.05) is 12.1 Å². The Labute approximate surface area is 96.6 Å². The lowest BCUT2D eigenvalue weighted by atomic mass is 10.1. The Hall–Kier alpha value is -0.600. The number of hydrogen-bond acceptors (Lipinski definition) is 2. The molecule has 0 unspecified atom stereocenters. The lowest BCUT2D eigenvalue weighted by Gasteiger charge is -2.05. The van der Waals surface area contributed by atoms with Crippen LogP contribution in [0.4, 0.5) is 0 Å². The molecule has 84 valence electrons. The zero-order valence-corrected chi connectivity index (χ0v) is 10.1. The Balaban J connectivity index is 2.15. The lowest BCUT2D eigenvalue weighted by Crippen LogP contribution is -1.99. The van der Waals surface area contributed by atoms with Crippen molar-refractivity contribution >= 4 is 11.6 Å². The quantitative estimate of drug-likeness (QED) is 0.546. The molecule has 0 aliphatic heterocycles. The van der Waals surface area contributed by atoms with Crippen LogP contribution >= 0.6 is 11.6 Å². The SMILES string of the molecule is CC(C)CCCOCc1cccc(Cl)n1. The van der Waals surface area contributed by atoms with Gasteiger partial charge in [-0.2, -0.15) is 0 Å². The summed E-state index contributed by atoms with van der Waals surface area (Å²) in [6.45, 7) is 5.79. The van der Waals surface area contributed by atoms with Crippen molar-refractivity contribution in [3.63, 3.8) is 0 Å². The molecule has 0 saturated heterocycles. The summed E-state index contributed by atoms with van der Waals surface area (Å²) in [4.78, 5) is 4.15. The first kappa shape index (κ1) is 12.5. The van der Waals surface area contributed by atoms with E-state index < -0.39 is 0 Å². The standard InChI is InChI=1S/C12H18ClNO/c1-10(2)5-4-8-15-9-11-6-3-7-12(13)14-11/h3,6-7,10H,4-5,8-9H2,1-2H3. The van der Waals surface area contributed by atoms with Crippen LogP contribution in [-0.4, -0.2) is 11.6 Å². The van der Waals surface area contributed by atoms with Crippen LogP contribution < -0.4 is 0 Å². The van der Waals surface area contributed by atoms with Crippen molar-refractivity contribution in [1.29, 1.82) is 0 Å². The molecule has 1 aromatic heterocycles. The van der Waals surface area contributed by atoms with Crippen LogP contribution in [0.25, 0.3) is 0 Å². The number of nitrogens with zero attached hydrogens (tertiary/aromatic N) is 1. The second kappa shape index (κ2) is 6.81. The molecule has 0 N–H and O–H groups in total. The maximum atomic E-state index is 5.76. The highest BCUT2D eigenvalue weighted by Gasteiger charge is 1.97. The lowest BCUT2D eigenvalue weighted by molar-refractivity contribution is 0.112. The number of aromatic nitrogens is 1. The van der Waals surface area contributed by atoms with Crippen molar-refractivity contribution in [2.45, 2.75) is 33.3 Å². The third kappa shape index (κ3) is 5.75. The van der Waals surface area contributed by atoms with Gasteiger partial charge in [-0.1, -0.05) is 31.5 Å². The zero-order valence-electron chi connectivity index (χ0n) is 9.37. The Morgan fingerprint density at radius 1 is 1.40 bits per heavy atom. The molecule has 0 aliphatic carbocycles. The van der Waals surface area contributed by atoms with Crippen LogP contribution in [0.2, 0.25) is 5.15 Å². The summed E-state index contributed by atoms with van der Waals surface area (Å²) in [5.74, 6) is 0.748. The van der Waals surface area contributed by atoms with Crippen LogP contribution in [0.3, 0.4) is 0 Å². The second-order valence-electron chi connectivity index (χ2n) is 4.04. The van der Waals surface area contributed by atoms with E-state index in [0.29, 0.717) is 11.8 Å². The molecule has 0 amide bonds. The summed E-state index contributed by atoms with van der Waals surface area (Å²) in [5.41, 5.74) is 0.895. The fourth-order valence-electron chi connectivity index (χ4n) is 1.30. The van der Waals surface area contributed by atoms with Gasteiger partial charge in [0.1, 0.15) is 5.15 Å². The van der Waals surface area contributed by atoms with Crippen molar-refractivity contribution in [2.75, 3.05) is 6.61 Å². The van der Waals surface area contributed by atoms with Gasteiger partial charge >= 0.3 is 0 Å². The zero-order chi connectivity index (χ0) is 11.1. The Kier molecular flexibility index (Phi) is 5.66. The second-order valence-corrected chi connectivity index (χ2v) is 4.43. The molecule has 0 aromatic carbocycles. The van der Waals surface area contributed by atoms with Gasteiger partial charge in [-0.3, -0.25) is 0 Å². The summed E-state index contributed by atoms with van der Waals surface area (Å²) in [5, 5.41) is 0.526. The first-order valence-electron chi connectivity index (χ1n) is 5.37. The van der Waals surface area contributed by atoms with Crippen molar-refractivity contribution in [1.82, 2.24) is 4.98 Å². The van der Waals surface area contributed by atoms with Crippen LogP contribution in [0.1, 0.15) is 32.4 Å². The van der Waals surface area contributed by atoms with Crippen LogP contribution in [0, 0.1) is 5.92 Å². The Bertz CT molecular complexity index is 289. The Morgan fingerprint density at radius 3 is 2.87 bits per heavy atom. The molecule has 0 radical (unpaired) electrons. The number of ether oxygens (including phenoxy) is 1. The van der Waals surface area contributed by atoms with Crippen LogP contribution in [0.5, 0.6) is 0 Å². The molecular formula is C12H18ClNO. The molecule has 0 fully saturated rings. The van der Waals surface area contributed by atoms with Crippen LogP contribution in [-0.2, 0) is 11.3 Å². The van der Waals surface area contributed by atoms with Gasteiger partial charge in [-0.05, 0) is 30.9 Å². The molecule has 2 nitrogen and oxygen atoms in total. The summed E-state index contributed by atoms with van der Waals surface area (Å²) in [7, 11) is 0. The molecule has 1 heterocycles. The molecule has 0 aliphatic rings. The topological polar surface area (TPSA) is 22.1 Å². The molecule has 1 rings (SSSR count). The van der Waals surface area contributed by atoms with E-state index in [0.717, 1.165) is 24.6 Å². The van der Waals surface area contributed by atoms with E-state index in [9.17, 15) is 0 Å². The van der Waals surface area contributed by atoms with Crippen LogP contribution in [0.15, 0.2) is 18.2 Å². The van der Waals surface area contributed by atoms with E-state index in [4.69, 9.17) is 16.3 Å². The smallest absolute Gasteiger partial charge is 0.129 e. The summed E-state index contributed by atoms with van der Waals surface area (Å²) >= 11 is 5.76. The van der Waals surface area contributed by atoms with Gasteiger partial charge in [0, 0.05) is 6.61 Å². The number of hydrogen-bond donors (Lipinski definition) is 0. The van der Waals surface area contributed by atoms with E-state index in [2.05, 4.69) is 18.8 Å². The largest absolute Gasteiger partial charge is 0.375 e. The monoisotopic (exact) mass is 227 g/mol. The third-order valence-corrected chi connectivity index (χ3v) is 2.30. The fourth-order valence-corrected chi connectivity index (χ4v) is 1.48. The minimum Gasteiger partial charge on any atom is -0.375 e. The molecule has 0 spiro atoms. The molecule has 15 heavy (non-hydrogen) atoms. The summed E-state index contributed by atoms with van der Waals surface area (Å²) in [6.07, 6.45) is 2.32. The first-order valence-corrected chi connectivity index (χ1v) is 5.75. The van der Waals surface area contributed by atoms with Gasteiger partial charge in [-0.25, -0.2) is 4.98 Å². The molecule has 0 saturated carbocycles. The summed E-state index contributed by atoms with van der Waals surface area (Å²) in [6, 6.07) is 5.58. The van der Waals surface area contributed by atoms with Gasteiger partial charge in [0.25, 0.3) is 0 Å². The van der Waals surface area contributed by atoms with E-state index in [1.54, 1.807) is 6.07 Å². The minimum atomic E-state index is 0.526. The maximum absolute atomic E-state index is 5.76. The van der Waals surface area contributed by atoms with Gasteiger partial charge in [0.15, 0.2) is 0 Å².